The van der Waals surface area contributed by atoms with Crippen LogP contribution in [0.5, 0.6) is 0 Å². The van der Waals surface area contributed by atoms with E-state index >= 15 is 0 Å². The van der Waals surface area contributed by atoms with Gasteiger partial charge in [0.25, 0.3) is 0 Å². The lowest BCUT2D eigenvalue weighted by atomic mass is 10.0. The summed E-state index contributed by atoms with van der Waals surface area (Å²) in [5, 5.41) is 2.74. The summed E-state index contributed by atoms with van der Waals surface area (Å²) in [4.78, 5) is 28.3. The minimum Gasteiger partial charge on any atom is -0.355 e. The third-order valence-corrected chi connectivity index (χ3v) is 7.10. The Morgan fingerprint density at radius 1 is 0.897 bits per heavy atom. The van der Waals surface area contributed by atoms with Gasteiger partial charge in [0.2, 0.25) is 21.8 Å². The summed E-state index contributed by atoms with van der Waals surface area (Å²) in [6, 6.07) is 20.6. The van der Waals surface area contributed by atoms with Crippen LogP contribution in [0.1, 0.15) is 23.6 Å². The van der Waals surface area contributed by atoms with Crippen LogP contribution in [-0.4, -0.2) is 50.5 Å². The van der Waals surface area contributed by atoms with Crippen LogP contribution in [0.15, 0.2) is 84.9 Å². The first-order valence-corrected chi connectivity index (χ1v) is 14.0. The van der Waals surface area contributed by atoms with E-state index in [9.17, 15) is 31.2 Å². The van der Waals surface area contributed by atoms with Crippen molar-refractivity contribution >= 4 is 27.5 Å². The quantitative estimate of drug-likeness (QED) is 0.379. The summed E-state index contributed by atoms with van der Waals surface area (Å²) in [5.74, 6) is -1.18. The summed E-state index contributed by atoms with van der Waals surface area (Å²) in [6.45, 7) is 1.23. The second-order valence-electron chi connectivity index (χ2n) is 8.93. The predicted octanol–water partition coefficient (Wildman–Crippen LogP) is 4.25. The van der Waals surface area contributed by atoms with Gasteiger partial charge in [-0.1, -0.05) is 66.7 Å². The summed E-state index contributed by atoms with van der Waals surface area (Å²) < 4.78 is 66.1. The summed E-state index contributed by atoms with van der Waals surface area (Å²) >= 11 is 0. The largest absolute Gasteiger partial charge is 0.416 e. The monoisotopic (exact) mass is 561 g/mol. The van der Waals surface area contributed by atoms with Gasteiger partial charge in [-0.2, -0.15) is 13.2 Å². The molecular formula is C28H30F3N3O4S. The van der Waals surface area contributed by atoms with Crippen molar-refractivity contribution in [1.82, 2.24) is 10.2 Å². The van der Waals surface area contributed by atoms with Crippen molar-refractivity contribution in [2.75, 3.05) is 23.7 Å². The normalized spacial score (nSPS) is 12.4. The lowest BCUT2D eigenvalue weighted by Crippen LogP contribution is -2.53. The molecule has 1 atom stereocenters. The number of hydrogen-bond donors (Lipinski definition) is 1. The molecule has 3 aromatic carbocycles. The Morgan fingerprint density at radius 3 is 2.03 bits per heavy atom. The number of anilines is 1. The number of carbonyl (C=O) groups excluding carboxylic acids is 2. The second kappa shape index (κ2) is 12.8. The van der Waals surface area contributed by atoms with Crippen LogP contribution in [0.25, 0.3) is 0 Å². The fourth-order valence-electron chi connectivity index (χ4n) is 4.08. The molecule has 0 spiro atoms. The standard InChI is InChI=1S/C28H30F3N3O4S/c1-3-32-27(36)25(17-21-11-6-4-7-12-21)33(19-22-13-8-5-9-14-22)26(35)20-34(39(2,37)38)24-16-10-15-23(18-24)28(29,30)31/h4-16,18,25H,3,17,19-20H2,1-2H3,(H,32,36)/t25-/m1/s1. The highest BCUT2D eigenvalue weighted by Crippen LogP contribution is 2.32. The molecule has 0 bridgehead atoms. The second-order valence-corrected chi connectivity index (χ2v) is 10.8. The van der Waals surface area contributed by atoms with E-state index in [-0.39, 0.29) is 18.7 Å². The van der Waals surface area contributed by atoms with Gasteiger partial charge in [0.1, 0.15) is 12.6 Å². The van der Waals surface area contributed by atoms with E-state index in [1.807, 2.05) is 18.2 Å². The van der Waals surface area contributed by atoms with Gasteiger partial charge in [0, 0.05) is 19.5 Å². The van der Waals surface area contributed by atoms with E-state index in [2.05, 4.69) is 5.32 Å². The smallest absolute Gasteiger partial charge is 0.355 e. The minimum atomic E-state index is -4.71. The molecule has 1 N–H and O–H groups in total. The molecule has 3 aromatic rings. The van der Waals surface area contributed by atoms with Crippen LogP contribution < -0.4 is 9.62 Å². The van der Waals surface area contributed by atoms with Crippen LogP contribution in [0.4, 0.5) is 18.9 Å². The average molecular weight is 562 g/mol. The number of carbonyl (C=O) groups is 2. The van der Waals surface area contributed by atoms with Crippen LogP contribution in [0, 0.1) is 0 Å². The molecule has 208 valence electrons. The van der Waals surface area contributed by atoms with Gasteiger partial charge < -0.3 is 10.2 Å². The molecule has 0 aromatic heterocycles. The average Bonchev–Trinajstić information content (AvgIpc) is 2.89. The Hall–Kier alpha value is -3.86. The zero-order valence-electron chi connectivity index (χ0n) is 21.6. The summed E-state index contributed by atoms with van der Waals surface area (Å²) in [7, 11) is -4.18. The fourth-order valence-corrected chi connectivity index (χ4v) is 4.92. The van der Waals surface area contributed by atoms with Crippen molar-refractivity contribution in [2.24, 2.45) is 0 Å². The molecule has 0 fully saturated rings. The third kappa shape index (κ3) is 8.31. The highest BCUT2D eigenvalue weighted by molar-refractivity contribution is 7.92. The van der Waals surface area contributed by atoms with Crippen molar-refractivity contribution < 1.29 is 31.2 Å². The predicted molar refractivity (Wildman–Crippen MR) is 143 cm³/mol. The van der Waals surface area contributed by atoms with E-state index in [0.29, 0.717) is 22.5 Å². The van der Waals surface area contributed by atoms with Crippen LogP contribution in [-0.2, 0) is 38.8 Å². The Labute approximate surface area is 226 Å². The number of alkyl halides is 3. The molecule has 0 aliphatic heterocycles. The fraction of sp³-hybridized carbons (Fsp3) is 0.286. The molecular weight excluding hydrogens is 531 g/mol. The first kappa shape index (κ1) is 29.7. The molecule has 0 radical (unpaired) electrons. The first-order chi connectivity index (χ1) is 18.4. The van der Waals surface area contributed by atoms with E-state index in [1.165, 1.54) is 11.0 Å². The van der Waals surface area contributed by atoms with E-state index in [4.69, 9.17) is 0 Å². The molecule has 0 saturated heterocycles. The SMILES string of the molecule is CCNC(=O)[C@@H](Cc1ccccc1)N(Cc1ccccc1)C(=O)CN(c1cccc(C(F)(F)F)c1)S(C)(=O)=O. The van der Waals surface area contributed by atoms with Gasteiger partial charge in [0.15, 0.2) is 0 Å². The highest BCUT2D eigenvalue weighted by atomic mass is 32.2. The zero-order valence-corrected chi connectivity index (χ0v) is 22.4. The van der Waals surface area contributed by atoms with E-state index in [0.717, 1.165) is 24.0 Å². The molecule has 0 aliphatic carbocycles. The number of amides is 2. The van der Waals surface area contributed by atoms with Crippen LogP contribution in [0.2, 0.25) is 0 Å². The lowest BCUT2D eigenvalue weighted by molar-refractivity contribution is -0.140. The van der Waals surface area contributed by atoms with Gasteiger partial charge in [-0.15, -0.1) is 0 Å². The number of nitrogens with one attached hydrogen (secondary N) is 1. The van der Waals surface area contributed by atoms with Crippen molar-refractivity contribution in [3.05, 3.63) is 102 Å². The van der Waals surface area contributed by atoms with E-state index in [1.54, 1.807) is 49.4 Å². The van der Waals surface area contributed by atoms with Gasteiger partial charge in [-0.05, 0) is 36.2 Å². The minimum absolute atomic E-state index is 0.0193. The van der Waals surface area contributed by atoms with Crippen molar-refractivity contribution in [3.8, 4) is 0 Å². The third-order valence-electron chi connectivity index (χ3n) is 5.96. The molecule has 2 amide bonds. The van der Waals surface area contributed by atoms with Crippen molar-refractivity contribution in [1.29, 1.82) is 0 Å². The number of rotatable bonds is 11. The Balaban J connectivity index is 2.04. The molecule has 7 nitrogen and oxygen atoms in total. The summed E-state index contributed by atoms with van der Waals surface area (Å²) in [5.41, 5.74) is 0.111. The van der Waals surface area contributed by atoms with Crippen LogP contribution in [0.3, 0.4) is 0 Å². The van der Waals surface area contributed by atoms with E-state index < -0.39 is 46.2 Å². The molecule has 11 heteroatoms. The molecule has 3 rings (SSSR count). The number of benzene rings is 3. The van der Waals surface area contributed by atoms with Gasteiger partial charge in [-0.3, -0.25) is 13.9 Å². The maximum Gasteiger partial charge on any atom is 0.416 e. The van der Waals surface area contributed by atoms with Crippen molar-refractivity contribution in [2.45, 2.75) is 32.1 Å². The molecule has 0 unspecified atom stereocenters. The number of nitrogens with zero attached hydrogens (tertiary/aromatic N) is 2. The number of sulfonamides is 1. The summed E-state index contributed by atoms with van der Waals surface area (Å²) in [6.07, 6.45) is -3.75. The van der Waals surface area contributed by atoms with Gasteiger partial charge in [-0.25, -0.2) is 8.42 Å². The van der Waals surface area contributed by atoms with Crippen LogP contribution >= 0.6 is 0 Å². The lowest BCUT2D eigenvalue weighted by Gasteiger charge is -2.33. The molecule has 0 heterocycles. The molecule has 0 saturated carbocycles. The van der Waals surface area contributed by atoms with Gasteiger partial charge in [0.05, 0.1) is 17.5 Å². The first-order valence-electron chi connectivity index (χ1n) is 12.2. The Bertz CT molecular complexity index is 1370. The zero-order chi connectivity index (χ0) is 28.6. The Morgan fingerprint density at radius 2 is 1.49 bits per heavy atom. The number of likely N-dealkylation sites (N-methyl/N-ethyl adjacent to an activating group) is 1. The van der Waals surface area contributed by atoms with Crippen molar-refractivity contribution in [3.63, 3.8) is 0 Å². The topological polar surface area (TPSA) is 86.8 Å². The highest BCUT2D eigenvalue weighted by Gasteiger charge is 2.34. The molecule has 39 heavy (non-hydrogen) atoms. The maximum atomic E-state index is 13.8. The Kier molecular flexibility index (Phi) is 9.74. The van der Waals surface area contributed by atoms with Gasteiger partial charge >= 0.3 is 6.18 Å². The molecule has 0 aliphatic rings. The maximum absolute atomic E-state index is 13.8. The number of halogens is 3. The number of hydrogen-bond acceptors (Lipinski definition) is 4.